The highest BCUT2D eigenvalue weighted by Crippen LogP contribution is 2.25. The Morgan fingerprint density at radius 2 is 1.94 bits per heavy atom. The molecule has 0 fully saturated rings. The van der Waals surface area contributed by atoms with Gasteiger partial charge in [0.25, 0.3) is 0 Å². The normalized spacial score (nSPS) is 11.0. The topological polar surface area (TPSA) is 43.4 Å². The summed E-state index contributed by atoms with van der Waals surface area (Å²) in [5.41, 5.74) is 0.312. The van der Waals surface area contributed by atoms with Gasteiger partial charge in [0.1, 0.15) is 5.75 Å². The molecule has 0 saturated carbocycles. The van der Waals surface area contributed by atoms with Crippen LogP contribution in [0.5, 0.6) is 5.75 Å². The Balaban J connectivity index is 3.29. The van der Waals surface area contributed by atoms with Gasteiger partial charge in [-0.2, -0.15) is 0 Å². The van der Waals surface area contributed by atoms with Crippen LogP contribution in [-0.4, -0.2) is 19.2 Å². The maximum absolute atomic E-state index is 12.1. The van der Waals surface area contributed by atoms with E-state index in [-0.39, 0.29) is 5.78 Å². The van der Waals surface area contributed by atoms with Crippen molar-refractivity contribution >= 4 is 12.1 Å². The summed E-state index contributed by atoms with van der Waals surface area (Å²) in [4.78, 5) is 23.0. The van der Waals surface area contributed by atoms with E-state index in [1.54, 1.807) is 18.2 Å². The maximum atomic E-state index is 12.1. The molecule has 0 heterocycles. The van der Waals surface area contributed by atoms with E-state index in [1.165, 1.54) is 7.11 Å². The number of methoxy groups -OCH3 is 1. The molecule has 3 nitrogen and oxygen atoms in total. The second kappa shape index (κ2) is 4.47. The minimum Gasteiger partial charge on any atom is -0.497 e. The first-order chi connectivity index (χ1) is 7.40. The van der Waals surface area contributed by atoms with Crippen LogP contribution in [0.15, 0.2) is 18.2 Å². The lowest BCUT2D eigenvalue weighted by Crippen LogP contribution is -2.21. The van der Waals surface area contributed by atoms with Gasteiger partial charge in [-0.1, -0.05) is 20.8 Å². The molecular weight excluding hydrogens is 204 g/mol. The van der Waals surface area contributed by atoms with Crippen molar-refractivity contribution in [1.29, 1.82) is 0 Å². The Labute approximate surface area is 95.4 Å². The van der Waals surface area contributed by atoms with E-state index in [0.717, 1.165) is 0 Å². The van der Waals surface area contributed by atoms with E-state index in [4.69, 9.17) is 4.74 Å². The molecule has 0 aliphatic heterocycles. The van der Waals surface area contributed by atoms with Crippen LogP contribution in [-0.2, 0) is 0 Å². The van der Waals surface area contributed by atoms with Gasteiger partial charge < -0.3 is 4.74 Å². The number of ketones is 1. The molecule has 0 unspecified atom stereocenters. The van der Waals surface area contributed by atoms with Crippen LogP contribution in [0.4, 0.5) is 0 Å². The summed E-state index contributed by atoms with van der Waals surface area (Å²) in [6.07, 6.45) is 0.693. The lowest BCUT2D eigenvalue weighted by molar-refractivity contribution is 0.0854. The third-order valence-corrected chi connectivity index (χ3v) is 2.31. The summed E-state index contributed by atoms with van der Waals surface area (Å²) in [5, 5.41) is 0. The Morgan fingerprint density at radius 1 is 1.31 bits per heavy atom. The summed E-state index contributed by atoms with van der Waals surface area (Å²) in [6, 6.07) is 4.88. The largest absolute Gasteiger partial charge is 0.497 e. The Hall–Kier alpha value is -1.64. The number of carbonyl (C=O) groups is 2. The zero-order valence-electron chi connectivity index (χ0n) is 10.0. The van der Waals surface area contributed by atoms with Gasteiger partial charge in [-0.25, -0.2) is 0 Å². The van der Waals surface area contributed by atoms with Gasteiger partial charge in [0.2, 0.25) is 0 Å². The predicted octanol–water partition coefficient (Wildman–Crippen LogP) is 2.74. The zero-order chi connectivity index (χ0) is 12.3. The Kier molecular flexibility index (Phi) is 3.48. The molecule has 1 rings (SSSR count). The highest BCUT2D eigenvalue weighted by atomic mass is 16.5. The number of hydrogen-bond donors (Lipinski definition) is 0. The van der Waals surface area contributed by atoms with Crippen LogP contribution in [0, 0.1) is 5.41 Å². The lowest BCUT2D eigenvalue weighted by atomic mass is 9.85. The van der Waals surface area contributed by atoms with Crippen molar-refractivity contribution in [2.75, 3.05) is 7.11 Å². The van der Waals surface area contributed by atoms with E-state index < -0.39 is 5.41 Å². The zero-order valence-corrected chi connectivity index (χ0v) is 10.0. The molecule has 0 saturated heterocycles. The van der Waals surface area contributed by atoms with E-state index in [1.807, 2.05) is 20.8 Å². The molecule has 0 spiro atoms. The summed E-state index contributed by atoms with van der Waals surface area (Å²) >= 11 is 0. The van der Waals surface area contributed by atoms with Crippen molar-refractivity contribution in [2.24, 2.45) is 5.41 Å². The highest BCUT2D eigenvalue weighted by molar-refractivity contribution is 6.05. The molecule has 0 aromatic heterocycles. The fraction of sp³-hybridized carbons (Fsp3) is 0.385. The average Bonchev–Trinajstić information content (AvgIpc) is 2.25. The predicted molar refractivity (Wildman–Crippen MR) is 62.2 cm³/mol. The summed E-state index contributed by atoms with van der Waals surface area (Å²) in [5.74, 6) is 0.520. The molecule has 0 atom stereocenters. The molecule has 0 radical (unpaired) electrons. The van der Waals surface area contributed by atoms with Crippen LogP contribution in [0.25, 0.3) is 0 Å². The highest BCUT2D eigenvalue weighted by Gasteiger charge is 2.25. The summed E-state index contributed by atoms with van der Waals surface area (Å²) in [7, 11) is 1.53. The average molecular weight is 220 g/mol. The third kappa shape index (κ3) is 2.48. The molecule has 0 amide bonds. The van der Waals surface area contributed by atoms with Crippen molar-refractivity contribution < 1.29 is 14.3 Å². The second-order valence-corrected chi connectivity index (χ2v) is 4.65. The van der Waals surface area contributed by atoms with Crippen LogP contribution in [0.3, 0.4) is 0 Å². The molecule has 3 heteroatoms. The van der Waals surface area contributed by atoms with Crippen molar-refractivity contribution in [3.8, 4) is 5.75 Å². The second-order valence-electron chi connectivity index (χ2n) is 4.65. The number of ether oxygens (including phenoxy) is 1. The standard InChI is InChI=1S/C13H16O3/c1-13(2,3)12(15)11-7-10(16-4)6-5-9(11)8-14/h5-8H,1-4H3. The first kappa shape index (κ1) is 12.4. The fourth-order valence-electron chi connectivity index (χ4n) is 1.37. The number of aldehydes is 1. The number of hydrogen-bond acceptors (Lipinski definition) is 3. The third-order valence-electron chi connectivity index (χ3n) is 2.31. The van der Waals surface area contributed by atoms with E-state index in [0.29, 0.717) is 23.2 Å². The molecule has 1 aromatic carbocycles. The smallest absolute Gasteiger partial charge is 0.169 e. The minimum atomic E-state index is -0.510. The van der Waals surface area contributed by atoms with Gasteiger partial charge in [0, 0.05) is 16.5 Å². The van der Waals surface area contributed by atoms with Crippen LogP contribution in [0.1, 0.15) is 41.5 Å². The van der Waals surface area contributed by atoms with Crippen molar-refractivity contribution in [2.45, 2.75) is 20.8 Å². The SMILES string of the molecule is COc1ccc(C=O)c(C(=O)C(C)(C)C)c1. The number of benzene rings is 1. The van der Waals surface area contributed by atoms with Gasteiger partial charge >= 0.3 is 0 Å². The molecule has 0 bridgehead atoms. The van der Waals surface area contributed by atoms with Crippen LogP contribution < -0.4 is 4.74 Å². The summed E-state index contributed by atoms with van der Waals surface area (Å²) < 4.78 is 5.05. The van der Waals surface area contributed by atoms with Crippen LogP contribution in [0.2, 0.25) is 0 Å². The van der Waals surface area contributed by atoms with E-state index in [9.17, 15) is 9.59 Å². The first-order valence-electron chi connectivity index (χ1n) is 5.08. The van der Waals surface area contributed by atoms with E-state index >= 15 is 0 Å². The van der Waals surface area contributed by atoms with E-state index in [2.05, 4.69) is 0 Å². The van der Waals surface area contributed by atoms with Gasteiger partial charge in [-0.15, -0.1) is 0 Å². The molecule has 1 aromatic rings. The van der Waals surface area contributed by atoms with Gasteiger partial charge in [0.15, 0.2) is 12.1 Å². The van der Waals surface area contributed by atoms with Gasteiger partial charge in [-0.3, -0.25) is 9.59 Å². The van der Waals surface area contributed by atoms with Crippen molar-refractivity contribution in [3.05, 3.63) is 29.3 Å². The Bertz CT molecular complexity index is 414. The number of Topliss-reactive ketones (excluding diaryl/α,β-unsaturated/α-hetero) is 1. The van der Waals surface area contributed by atoms with Crippen LogP contribution >= 0.6 is 0 Å². The molecule has 86 valence electrons. The maximum Gasteiger partial charge on any atom is 0.169 e. The molecule has 0 aliphatic carbocycles. The monoisotopic (exact) mass is 220 g/mol. The molecule has 16 heavy (non-hydrogen) atoms. The molecular formula is C13H16O3. The molecule has 0 aliphatic rings. The van der Waals surface area contributed by atoms with Crippen molar-refractivity contribution in [3.63, 3.8) is 0 Å². The summed E-state index contributed by atoms with van der Waals surface area (Å²) in [6.45, 7) is 5.47. The number of carbonyl (C=O) groups excluding carboxylic acids is 2. The minimum absolute atomic E-state index is 0.0616. The van der Waals surface area contributed by atoms with Gasteiger partial charge in [-0.05, 0) is 18.2 Å². The number of rotatable bonds is 3. The lowest BCUT2D eigenvalue weighted by Gasteiger charge is -2.18. The Morgan fingerprint density at radius 3 is 2.38 bits per heavy atom. The quantitative estimate of drug-likeness (QED) is 0.581. The van der Waals surface area contributed by atoms with Gasteiger partial charge in [0.05, 0.1) is 7.11 Å². The molecule has 0 N–H and O–H groups in total. The first-order valence-corrected chi connectivity index (χ1v) is 5.08. The fourth-order valence-corrected chi connectivity index (χ4v) is 1.37. The van der Waals surface area contributed by atoms with Crippen molar-refractivity contribution in [1.82, 2.24) is 0 Å².